The van der Waals surface area contributed by atoms with Crippen LogP contribution < -0.4 is 0 Å². The second-order valence-electron chi connectivity index (χ2n) is 17.6. The van der Waals surface area contributed by atoms with Crippen LogP contribution >= 0.6 is 0 Å². The third kappa shape index (κ3) is 35.3. The Morgan fingerprint density at radius 2 is 0.704 bits per heavy atom. The minimum Gasteiger partial charge on any atom is -0.466 e. The van der Waals surface area contributed by atoms with E-state index in [4.69, 9.17) is 9.47 Å². The van der Waals surface area contributed by atoms with Gasteiger partial charge in [-0.15, -0.1) is 0 Å². The average molecular weight is 764 g/mol. The van der Waals surface area contributed by atoms with Crippen LogP contribution in [-0.2, 0) is 19.1 Å². The minimum absolute atomic E-state index is 0.0137. The number of unbranched alkanes of at least 4 members (excludes halogenated alkanes) is 16. The Morgan fingerprint density at radius 3 is 1.04 bits per heavy atom. The molecule has 0 aromatic carbocycles. The Bertz CT molecular complexity index is 725. The number of esters is 2. The molecule has 0 radical (unpaired) electrons. The summed E-state index contributed by atoms with van der Waals surface area (Å²) in [5, 5.41) is 0. The van der Waals surface area contributed by atoms with E-state index in [-0.39, 0.29) is 11.9 Å². The maximum atomic E-state index is 12.4. The summed E-state index contributed by atoms with van der Waals surface area (Å²) in [5.74, 6) is 2.28. The van der Waals surface area contributed by atoms with E-state index >= 15 is 0 Å². The fourth-order valence-corrected chi connectivity index (χ4v) is 7.96. The Kier molecular flexibility index (Phi) is 39.3. The summed E-state index contributed by atoms with van der Waals surface area (Å²) in [6.07, 6.45) is 39.8. The third-order valence-corrected chi connectivity index (χ3v) is 12.2. The van der Waals surface area contributed by atoms with Crippen LogP contribution in [0.2, 0.25) is 0 Å². The lowest BCUT2D eigenvalue weighted by Gasteiger charge is -2.24. The molecule has 0 heterocycles. The third-order valence-electron chi connectivity index (χ3n) is 12.2. The van der Waals surface area contributed by atoms with Crippen molar-refractivity contribution in [3.8, 4) is 0 Å². The number of hydrogen-bond acceptors (Lipinski definition) is 5. The Labute approximate surface area is 339 Å². The summed E-state index contributed by atoms with van der Waals surface area (Å²) >= 11 is 0. The lowest BCUT2D eigenvalue weighted by Crippen LogP contribution is -2.28. The number of hydrogen-bond donors (Lipinski definition) is 0. The van der Waals surface area contributed by atoms with Crippen molar-refractivity contribution in [2.75, 3.05) is 26.8 Å². The molecule has 0 N–H and O–H groups in total. The van der Waals surface area contributed by atoms with Crippen LogP contribution in [0.25, 0.3) is 0 Å². The minimum atomic E-state index is 0.0137. The van der Waals surface area contributed by atoms with Gasteiger partial charge in [-0.05, 0) is 77.3 Å². The summed E-state index contributed by atoms with van der Waals surface area (Å²) < 4.78 is 11.3. The topological polar surface area (TPSA) is 55.8 Å². The number of nitrogens with zero attached hydrogens (tertiary/aromatic N) is 1. The Morgan fingerprint density at radius 1 is 0.407 bits per heavy atom. The van der Waals surface area contributed by atoms with E-state index in [1.165, 1.54) is 167 Å². The first-order valence-corrected chi connectivity index (χ1v) is 24.3. The SMILES string of the molecule is CCCCCC(CCCCC)CCOC(=O)CCCCCCCC(CCCCCCCC(=O)OCCC(CCCCC)CCCCC)CCN(C)C(C)C. The molecule has 0 unspecified atom stereocenters. The predicted octanol–water partition coefficient (Wildman–Crippen LogP) is 15.2. The van der Waals surface area contributed by atoms with Crippen molar-refractivity contribution in [3.63, 3.8) is 0 Å². The van der Waals surface area contributed by atoms with E-state index in [1.54, 1.807) is 0 Å². The molecule has 54 heavy (non-hydrogen) atoms. The molecule has 0 saturated heterocycles. The van der Waals surface area contributed by atoms with Gasteiger partial charge in [0.25, 0.3) is 0 Å². The van der Waals surface area contributed by atoms with Gasteiger partial charge in [0.15, 0.2) is 0 Å². The van der Waals surface area contributed by atoms with Crippen LogP contribution in [0.15, 0.2) is 0 Å². The maximum absolute atomic E-state index is 12.4. The van der Waals surface area contributed by atoms with E-state index in [1.807, 2.05) is 0 Å². The molecule has 0 fully saturated rings. The van der Waals surface area contributed by atoms with Gasteiger partial charge in [-0.1, -0.05) is 195 Å². The van der Waals surface area contributed by atoms with Gasteiger partial charge < -0.3 is 14.4 Å². The first-order valence-electron chi connectivity index (χ1n) is 24.3. The highest BCUT2D eigenvalue weighted by Crippen LogP contribution is 2.25. The molecule has 0 aliphatic carbocycles. The highest BCUT2D eigenvalue weighted by molar-refractivity contribution is 5.69. The van der Waals surface area contributed by atoms with Crippen LogP contribution in [0.5, 0.6) is 0 Å². The van der Waals surface area contributed by atoms with Gasteiger partial charge in [-0.3, -0.25) is 9.59 Å². The summed E-state index contributed by atoms with van der Waals surface area (Å²) in [7, 11) is 2.26. The van der Waals surface area contributed by atoms with Crippen molar-refractivity contribution in [2.24, 2.45) is 17.8 Å². The number of ether oxygens (including phenoxy) is 2. The molecule has 0 aliphatic rings. The van der Waals surface area contributed by atoms with Crippen molar-refractivity contribution in [1.29, 1.82) is 0 Å². The smallest absolute Gasteiger partial charge is 0.305 e. The van der Waals surface area contributed by atoms with Gasteiger partial charge >= 0.3 is 11.9 Å². The molecule has 0 spiro atoms. The average Bonchev–Trinajstić information content (AvgIpc) is 3.15. The molecule has 0 aliphatic heterocycles. The van der Waals surface area contributed by atoms with E-state index in [0.29, 0.717) is 32.1 Å². The van der Waals surface area contributed by atoms with Gasteiger partial charge in [0.2, 0.25) is 0 Å². The summed E-state index contributed by atoms with van der Waals surface area (Å²) in [6.45, 7) is 16.1. The van der Waals surface area contributed by atoms with Crippen molar-refractivity contribution >= 4 is 11.9 Å². The first-order chi connectivity index (χ1) is 26.3. The van der Waals surface area contributed by atoms with Crippen LogP contribution in [0.4, 0.5) is 0 Å². The standard InChI is InChI=1S/C49H97NO4/c1-8-12-22-30-46(31-23-13-9-2)39-42-53-48(51)36-28-20-16-18-26-34-45(38-41-50(7)44(5)6)35-27-19-17-21-29-37-49(52)54-43-40-47(32-24-14-10-3)33-25-15-11-4/h44-47H,8-43H2,1-7H3. The van der Waals surface area contributed by atoms with E-state index in [9.17, 15) is 9.59 Å². The fourth-order valence-electron chi connectivity index (χ4n) is 7.96. The number of rotatable bonds is 42. The van der Waals surface area contributed by atoms with Crippen LogP contribution in [0, 0.1) is 17.8 Å². The fraction of sp³-hybridized carbons (Fsp3) is 0.959. The van der Waals surface area contributed by atoms with Gasteiger partial charge in [0, 0.05) is 18.9 Å². The van der Waals surface area contributed by atoms with Crippen LogP contribution in [0.1, 0.15) is 253 Å². The molecular formula is C49H97NO4. The van der Waals surface area contributed by atoms with Crippen LogP contribution in [-0.4, -0.2) is 49.7 Å². The van der Waals surface area contributed by atoms with Crippen molar-refractivity contribution in [1.82, 2.24) is 4.90 Å². The normalized spacial score (nSPS) is 11.9. The predicted molar refractivity (Wildman–Crippen MR) is 235 cm³/mol. The maximum Gasteiger partial charge on any atom is 0.305 e. The van der Waals surface area contributed by atoms with E-state index in [2.05, 4.69) is 53.5 Å². The van der Waals surface area contributed by atoms with Crippen molar-refractivity contribution in [2.45, 2.75) is 259 Å². The second kappa shape index (κ2) is 40.1. The lowest BCUT2D eigenvalue weighted by atomic mass is 9.91. The van der Waals surface area contributed by atoms with Gasteiger partial charge in [-0.25, -0.2) is 0 Å². The molecule has 322 valence electrons. The molecule has 0 saturated carbocycles. The summed E-state index contributed by atoms with van der Waals surface area (Å²) in [4.78, 5) is 27.3. The van der Waals surface area contributed by atoms with Crippen molar-refractivity contribution < 1.29 is 19.1 Å². The summed E-state index contributed by atoms with van der Waals surface area (Å²) in [6, 6.07) is 0.597. The van der Waals surface area contributed by atoms with Crippen molar-refractivity contribution in [3.05, 3.63) is 0 Å². The Balaban J connectivity index is 4.22. The van der Waals surface area contributed by atoms with Gasteiger partial charge in [-0.2, -0.15) is 0 Å². The molecule has 0 rings (SSSR count). The zero-order chi connectivity index (χ0) is 39.9. The molecule has 5 nitrogen and oxygen atoms in total. The number of carbonyl (C=O) groups excluding carboxylic acids is 2. The first kappa shape index (κ1) is 52.9. The molecule has 0 bridgehead atoms. The van der Waals surface area contributed by atoms with E-state index in [0.717, 1.165) is 56.3 Å². The largest absolute Gasteiger partial charge is 0.466 e. The molecular weight excluding hydrogens is 667 g/mol. The lowest BCUT2D eigenvalue weighted by molar-refractivity contribution is -0.145. The second-order valence-corrected chi connectivity index (χ2v) is 17.6. The number of carbonyl (C=O) groups is 2. The molecule has 0 aromatic rings. The molecule has 0 amide bonds. The highest BCUT2D eigenvalue weighted by atomic mass is 16.5. The Hall–Kier alpha value is -1.10. The zero-order valence-corrected chi connectivity index (χ0v) is 37.8. The zero-order valence-electron chi connectivity index (χ0n) is 37.8. The van der Waals surface area contributed by atoms with E-state index < -0.39 is 0 Å². The monoisotopic (exact) mass is 764 g/mol. The van der Waals surface area contributed by atoms with Gasteiger partial charge in [0.05, 0.1) is 13.2 Å². The quantitative estimate of drug-likeness (QED) is 0.0458. The molecule has 0 aromatic heterocycles. The molecule has 5 heteroatoms. The highest BCUT2D eigenvalue weighted by Gasteiger charge is 2.14. The summed E-state index contributed by atoms with van der Waals surface area (Å²) in [5.41, 5.74) is 0. The molecule has 0 atom stereocenters. The van der Waals surface area contributed by atoms with Gasteiger partial charge in [0.1, 0.15) is 0 Å². The van der Waals surface area contributed by atoms with Crippen LogP contribution in [0.3, 0.4) is 0 Å².